The van der Waals surface area contributed by atoms with Crippen LogP contribution in [0.5, 0.6) is 0 Å². The van der Waals surface area contributed by atoms with E-state index in [9.17, 15) is 4.79 Å². The number of hydrogen-bond donors (Lipinski definition) is 0. The molecule has 0 radical (unpaired) electrons. The minimum absolute atomic E-state index is 0.192. The molecule has 16 heavy (non-hydrogen) atoms. The maximum absolute atomic E-state index is 11.7. The SMILES string of the molecule is C[C@H]1CC2(C[C@@H]3CC(=O)C[C@@]31C)OCCO2. The fourth-order valence-electron chi connectivity index (χ4n) is 3.92. The van der Waals surface area contributed by atoms with Crippen LogP contribution in [-0.2, 0) is 14.3 Å². The lowest BCUT2D eigenvalue weighted by Crippen LogP contribution is -2.47. The van der Waals surface area contributed by atoms with Crippen molar-refractivity contribution in [3.63, 3.8) is 0 Å². The zero-order valence-electron chi connectivity index (χ0n) is 10.1. The predicted octanol–water partition coefficient (Wildman–Crippen LogP) is 2.14. The first-order valence-electron chi connectivity index (χ1n) is 6.34. The maximum Gasteiger partial charge on any atom is 0.169 e. The topological polar surface area (TPSA) is 35.5 Å². The average molecular weight is 224 g/mol. The van der Waals surface area contributed by atoms with Gasteiger partial charge in [-0.1, -0.05) is 13.8 Å². The van der Waals surface area contributed by atoms with E-state index < -0.39 is 0 Å². The summed E-state index contributed by atoms with van der Waals surface area (Å²) in [7, 11) is 0. The van der Waals surface area contributed by atoms with Gasteiger partial charge in [-0.2, -0.15) is 0 Å². The van der Waals surface area contributed by atoms with Crippen molar-refractivity contribution in [2.45, 2.75) is 45.3 Å². The third-order valence-corrected chi connectivity index (χ3v) is 5.10. The van der Waals surface area contributed by atoms with Crippen molar-refractivity contribution < 1.29 is 14.3 Å². The second kappa shape index (κ2) is 3.30. The van der Waals surface area contributed by atoms with E-state index in [1.807, 2.05) is 0 Å². The Morgan fingerprint density at radius 3 is 2.62 bits per heavy atom. The number of ketones is 1. The number of fused-ring (bicyclic) bond motifs is 1. The Morgan fingerprint density at radius 2 is 1.94 bits per heavy atom. The van der Waals surface area contributed by atoms with E-state index in [1.54, 1.807) is 0 Å². The van der Waals surface area contributed by atoms with Crippen LogP contribution in [0.15, 0.2) is 0 Å². The molecule has 1 spiro atoms. The van der Waals surface area contributed by atoms with Gasteiger partial charge in [0.2, 0.25) is 0 Å². The van der Waals surface area contributed by atoms with E-state index in [4.69, 9.17) is 9.47 Å². The average Bonchev–Trinajstić information content (AvgIpc) is 2.73. The van der Waals surface area contributed by atoms with Crippen LogP contribution in [0.25, 0.3) is 0 Å². The lowest BCUT2D eigenvalue weighted by atomic mass is 9.61. The summed E-state index contributed by atoms with van der Waals surface area (Å²) >= 11 is 0. The van der Waals surface area contributed by atoms with Gasteiger partial charge in [-0.15, -0.1) is 0 Å². The smallest absolute Gasteiger partial charge is 0.169 e. The first kappa shape index (κ1) is 10.7. The highest BCUT2D eigenvalue weighted by Gasteiger charge is 2.57. The van der Waals surface area contributed by atoms with Crippen molar-refractivity contribution in [2.75, 3.05) is 13.2 Å². The van der Waals surface area contributed by atoms with E-state index in [0.717, 1.165) is 25.7 Å². The summed E-state index contributed by atoms with van der Waals surface area (Å²) in [4.78, 5) is 11.7. The number of rotatable bonds is 0. The summed E-state index contributed by atoms with van der Waals surface area (Å²) < 4.78 is 11.6. The van der Waals surface area contributed by atoms with Gasteiger partial charge in [-0.25, -0.2) is 0 Å². The highest BCUT2D eigenvalue weighted by atomic mass is 16.7. The molecule has 3 heteroatoms. The second-order valence-corrected chi connectivity index (χ2v) is 6.04. The second-order valence-electron chi connectivity index (χ2n) is 6.04. The summed E-state index contributed by atoms with van der Waals surface area (Å²) in [6, 6.07) is 0. The fourth-order valence-corrected chi connectivity index (χ4v) is 3.92. The first-order valence-corrected chi connectivity index (χ1v) is 6.34. The van der Waals surface area contributed by atoms with Gasteiger partial charge in [0.05, 0.1) is 13.2 Å². The lowest BCUT2D eigenvalue weighted by molar-refractivity contribution is -0.216. The Bertz CT molecular complexity index is 319. The Balaban J connectivity index is 1.88. The lowest BCUT2D eigenvalue weighted by Gasteiger charge is -2.48. The van der Waals surface area contributed by atoms with Gasteiger partial charge < -0.3 is 9.47 Å². The third kappa shape index (κ3) is 1.37. The molecule has 3 rings (SSSR count). The van der Waals surface area contributed by atoms with Gasteiger partial charge >= 0.3 is 0 Å². The van der Waals surface area contributed by atoms with Gasteiger partial charge in [0.15, 0.2) is 5.79 Å². The number of ether oxygens (including phenoxy) is 2. The fraction of sp³-hybridized carbons (Fsp3) is 0.923. The molecule has 90 valence electrons. The molecule has 2 saturated carbocycles. The van der Waals surface area contributed by atoms with Crippen LogP contribution in [0.1, 0.15) is 39.5 Å². The molecule has 3 aliphatic rings. The van der Waals surface area contributed by atoms with Gasteiger partial charge in [0.25, 0.3) is 0 Å². The molecule has 3 nitrogen and oxygen atoms in total. The molecule has 0 amide bonds. The monoisotopic (exact) mass is 224 g/mol. The summed E-state index contributed by atoms with van der Waals surface area (Å²) in [6.07, 6.45) is 3.36. The molecule has 0 aromatic rings. The van der Waals surface area contributed by atoms with Crippen LogP contribution in [0.3, 0.4) is 0 Å². The van der Waals surface area contributed by atoms with Crippen molar-refractivity contribution in [1.82, 2.24) is 0 Å². The van der Waals surface area contributed by atoms with Gasteiger partial charge in [0, 0.05) is 25.7 Å². The molecule has 3 fully saturated rings. The Morgan fingerprint density at radius 1 is 1.25 bits per heavy atom. The van der Waals surface area contributed by atoms with E-state index in [0.29, 0.717) is 30.8 Å². The zero-order valence-corrected chi connectivity index (χ0v) is 10.1. The summed E-state index contributed by atoms with van der Waals surface area (Å²) in [5.41, 5.74) is 0.192. The van der Waals surface area contributed by atoms with Gasteiger partial charge in [0.1, 0.15) is 5.78 Å². The van der Waals surface area contributed by atoms with Gasteiger partial charge in [-0.05, 0) is 17.3 Å². The first-order chi connectivity index (χ1) is 7.54. The molecule has 2 aliphatic carbocycles. The van der Waals surface area contributed by atoms with Crippen molar-refractivity contribution in [2.24, 2.45) is 17.3 Å². The molecule has 0 aromatic carbocycles. The minimum Gasteiger partial charge on any atom is -0.348 e. The molecule has 0 N–H and O–H groups in total. The Hall–Kier alpha value is -0.410. The molecular weight excluding hydrogens is 204 g/mol. The van der Waals surface area contributed by atoms with Crippen molar-refractivity contribution in [1.29, 1.82) is 0 Å². The van der Waals surface area contributed by atoms with Gasteiger partial charge in [-0.3, -0.25) is 4.79 Å². The normalized spacial score (nSPS) is 46.2. The predicted molar refractivity (Wildman–Crippen MR) is 58.9 cm³/mol. The Kier molecular flexibility index (Phi) is 2.21. The third-order valence-electron chi connectivity index (χ3n) is 5.10. The van der Waals surface area contributed by atoms with Crippen molar-refractivity contribution in [3.05, 3.63) is 0 Å². The summed E-state index contributed by atoms with van der Waals surface area (Å²) in [5.74, 6) is 1.04. The highest BCUT2D eigenvalue weighted by molar-refractivity contribution is 5.82. The summed E-state index contributed by atoms with van der Waals surface area (Å²) in [6.45, 7) is 5.95. The van der Waals surface area contributed by atoms with E-state index >= 15 is 0 Å². The highest BCUT2D eigenvalue weighted by Crippen LogP contribution is 2.57. The van der Waals surface area contributed by atoms with Crippen LogP contribution in [0.4, 0.5) is 0 Å². The molecule has 3 atom stereocenters. The molecular formula is C13H20O3. The van der Waals surface area contributed by atoms with E-state index in [-0.39, 0.29) is 11.2 Å². The van der Waals surface area contributed by atoms with Crippen molar-refractivity contribution in [3.8, 4) is 0 Å². The van der Waals surface area contributed by atoms with Crippen LogP contribution >= 0.6 is 0 Å². The molecule has 1 heterocycles. The zero-order chi connectivity index (χ0) is 11.4. The molecule has 0 aromatic heterocycles. The number of carbonyl (C=O) groups excluding carboxylic acids is 1. The minimum atomic E-state index is -0.353. The van der Waals surface area contributed by atoms with Crippen LogP contribution in [0.2, 0.25) is 0 Å². The standard InChI is InChI=1S/C13H20O3/c1-9-6-13(15-3-4-16-13)7-10-5-11(14)8-12(9,10)2/h9-10H,3-8H2,1-2H3/t9-,10-,12+/m0/s1. The molecule has 1 aliphatic heterocycles. The Labute approximate surface area is 96.5 Å². The molecule has 0 bridgehead atoms. The number of hydrogen-bond acceptors (Lipinski definition) is 3. The van der Waals surface area contributed by atoms with E-state index in [1.165, 1.54) is 0 Å². The van der Waals surface area contributed by atoms with Crippen LogP contribution < -0.4 is 0 Å². The van der Waals surface area contributed by atoms with Crippen LogP contribution in [-0.4, -0.2) is 24.8 Å². The molecule has 0 unspecified atom stereocenters. The van der Waals surface area contributed by atoms with E-state index in [2.05, 4.69) is 13.8 Å². The van der Waals surface area contributed by atoms with Crippen molar-refractivity contribution >= 4 is 5.78 Å². The van der Waals surface area contributed by atoms with Crippen LogP contribution in [0, 0.1) is 17.3 Å². The molecule has 1 saturated heterocycles. The maximum atomic E-state index is 11.7. The summed E-state index contributed by atoms with van der Waals surface area (Å²) in [5, 5.41) is 0. The largest absolute Gasteiger partial charge is 0.348 e. The number of carbonyl (C=O) groups is 1. The quantitative estimate of drug-likeness (QED) is 0.632. The number of Topliss-reactive ketones (excluding diaryl/α,β-unsaturated/α-hetero) is 1.